The summed E-state index contributed by atoms with van der Waals surface area (Å²) in [5.74, 6) is 0.256. The van der Waals surface area contributed by atoms with Gasteiger partial charge in [-0.3, -0.25) is 4.79 Å². The summed E-state index contributed by atoms with van der Waals surface area (Å²) >= 11 is 0. The highest BCUT2D eigenvalue weighted by molar-refractivity contribution is 5.83. The summed E-state index contributed by atoms with van der Waals surface area (Å²) in [6, 6.07) is 0.0805. The third-order valence-electron chi connectivity index (χ3n) is 4.16. The molecule has 1 fully saturated rings. The van der Waals surface area contributed by atoms with Gasteiger partial charge in [0.05, 0.1) is 24.7 Å². The molecule has 1 N–H and O–H groups in total. The molecule has 1 aliphatic heterocycles. The van der Waals surface area contributed by atoms with E-state index in [4.69, 9.17) is 9.47 Å². The number of nitrogens with zero attached hydrogens (tertiary/aromatic N) is 1. The predicted molar refractivity (Wildman–Crippen MR) is 79.8 cm³/mol. The van der Waals surface area contributed by atoms with E-state index in [1.165, 1.54) is 0 Å². The van der Waals surface area contributed by atoms with E-state index in [1.54, 1.807) is 14.2 Å². The number of hydrogen-bond acceptors (Lipinski definition) is 4. The molecule has 20 heavy (non-hydrogen) atoms. The van der Waals surface area contributed by atoms with Gasteiger partial charge in [-0.2, -0.15) is 0 Å². The number of methoxy groups -OCH3 is 2. The maximum absolute atomic E-state index is 13.1. The Kier molecular flexibility index (Phi) is 7.48. The van der Waals surface area contributed by atoms with Crippen LogP contribution in [0.15, 0.2) is 0 Å². The molecule has 0 aromatic rings. The quantitative estimate of drug-likeness (QED) is 0.693. The van der Waals surface area contributed by atoms with Gasteiger partial charge >= 0.3 is 0 Å². The van der Waals surface area contributed by atoms with Gasteiger partial charge in [0.2, 0.25) is 5.91 Å². The van der Waals surface area contributed by atoms with Gasteiger partial charge in [0.25, 0.3) is 0 Å². The van der Waals surface area contributed by atoms with Crippen LogP contribution in [0, 0.1) is 5.41 Å². The molecular weight excluding hydrogens is 256 g/mol. The van der Waals surface area contributed by atoms with E-state index in [0.717, 1.165) is 32.4 Å². The topological polar surface area (TPSA) is 50.8 Å². The summed E-state index contributed by atoms with van der Waals surface area (Å²) in [5.41, 5.74) is -0.232. The van der Waals surface area contributed by atoms with Crippen LogP contribution >= 0.6 is 0 Å². The summed E-state index contributed by atoms with van der Waals surface area (Å²) < 4.78 is 10.4. The maximum atomic E-state index is 13.1. The van der Waals surface area contributed by atoms with Crippen LogP contribution in [-0.2, 0) is 14.3 Å². The zero-order chi connectivity index (χ0) is 15.0. The fourth-order valence-electron chi connectivity index (χ4n) is 3.07. The van der Waals surface area contributed by atoms with Crippen LogP contribution in [0.5, 0.6) is 0 Å². The van der Waals surface area contributed by atoms with Gasteiger partial charge in [0.1, 0.15) is 0 Å². The Morgan fingerprint density at radius 1 is 1.40 bits per heavy atom. The minimum absolute atomic E-state index is 0.0805. The second kappa shape index (κ2) is 8.60. The van der Waals surface area contributed by atoms with E-state index in [0.29, 0.717) is 19.8 Å². The molecule has 1 heterocycles. The van der Waals surface area contributed by atoms with Gasteiger partial charge < -0.3 is 19.7 Å². The molecule has 2 unspecified atom stereocenters. The summed E-state index contributed by atoms with van der Waals surface area (Å²) in [6.45, 7) is 7.67. The number of carbonyl (C=O) groups excluding carboxylic acids is 1. The smallest absolute Gasteiger partial charge is 0.230 e. The summed E-state index contributed by atoms with van der Waals surface area (Å²) in [6.07, 6.45) is 2.91. The number of rotatable bonds is 9. The minimum atomic E-state index is -0.232. The molecule has 2 atom stereocenters. The van der Waals surface area contributed by atoms with E-state index in [2.05, 4.69) is 12.2 Å². The van der Waals surface area contributed by atoms with Crippen LogP contribution in [0.25, 0.3) is 0 Å². The van der Waals surface area contributed by atoms with Gasteiger partial charge in [-0.25, -0.2) is 0 Å². The van der Waals surface area contributed by atoms with E-state index >= 15 is 0 Å². The average Bonchev–Trinajstić information content (AvgIpc) is 2.89. The summed E-state index contributed by atoms with van der Waals surface area (Å²) in [7, 11) is 3.34. The fraction of sp³-hybridized carbons (Fsp3) is 0.933. The van der Waals surface area contributed by atoms with Crippen LogP contribution in [-0.4, -0.2) is 63.9 Å². The fourth-order valence-corrected chi connectivity index (χ4v) is 3.07. The first kappa shape index (κ1) is 17.4. The van der Waals surface area contributed by atoms with Crippen LogP contribution in [0.2, 0.25) is 0 Å². The third-order valence-corrected chi connectivity index (χ3v) is 4.16. The second-order valence-electron chi connectivity index (χ2n) is 5.75. The molecule has 1 saturated heterocycles. The van der Waals surface area contributed by atoms with Crippen LogP contribution in [0.1, 0.15) is 33.1 Å². The SMILES string of the molecule is CCCC1(C(=O)N(CCOC)C(C)COC)CCNC1. The van der Waals surface area contributed by atoms with Gasteiger partial charge in [-0.05, 0) is 26.3 Å². The molecule has 0 aliphatic carbocycles. The van der Waals surface area contributed by atoms with Gasteiger partial charge in [-0.1, -0.05) is 13.3 Å². The Hall–Kier alpha value is -0.650. The van der Waals surface area contributed by atoms with Crippen molar-refractivity contribution in [1.82, 2.24) is 10.2 Å². The molecule has 118 valence electrons. The van der Waals surface area contributed by atoms with Crippen molar-refractivity contribution in [1.29, 1.82) is 0 Å². The van der Waals surface area contributed by atoms with Crippen LogP contribution < -0.4 is 5.32 Å². The van der Waals surface area contributed by atoms with Crippen molar-refractivity contribution in [3.05, 3.63) is 0 Å². The highest BCUT2D eigenvalue weighted by atomic mass is 16.5. The van der Waals surface area contributed by atoms with Crippen molar-refractivity contribution in [3.8, 4) is 0 Å². The molecular formula is C15H30N2O3. The molecule has 1 aliphatic rings. The predicted octanol–water partition coefficient (Wildman–Crippen LogP) is 1.28. The molecule has 1 amide bonds. The maximum Gasteiger partial charge on any atom is 0.230 e. The summed E-state index contributed by atoms with van der Waals surface area (Å²) in [5, 5.41) is 3.35. The molecule has 0 aromatic heterocycles. The van der Waals surface area contributed by atoms with E-state index in [-0.39, 0.29) is 17.4 Å². The van der Waals surface area contributed by atoms with Gasteiger partial charge in [-0.15, -0.1) is 0 Å². The number of nitrogens with one attached hydrogen (secondary N) is 1. The van der Waals surface area contributed by atoms with Crippen LogP contribution in [0.4, 0.5) is 0 Å². The Labute approximate surface area is 123 Å². The normalized spacial score (nSPS) is 23.8. The lowest BCUT2D eigenvalue weighted by atomic mass is 9.80. The zero-order valence-electron chi connectivity index (χ0n) is 13.4. The molecule has 1 rings (SSSR count). The van der Waals surface area contributed by atoms with Crippen molar-refractivity contribution in [2.75, 3.05) is 47.1 Å². The Morgan fingerprint density at radius 3 is 2.65 bits per heavy atom. The molecule has 0 radical (unpaired) electrons. The van der Waals surface area contributed by atoms with Crippen molar-refractivity contribution in [3.63, 3.8) is 0 Å². The first-order chi connectivity index (χ1) is 9.61. The van der Waals surface area contributed by atoms with E-state index in [9.17, 15) is 4.79 Å². The Bertz CT molecular complexity index is 291. The minimum Gasteiger partial charge on any atom is -0.383 e. The van der Waals surface area contributed by atoms with Gasteiger partial charge in [0.15, 0.2) is 0 Å². The monoisotopic (exact) mass is 286 g/mol. The molecule has 5 heteroatoms. The summed E-state index contributed by atoms with van der Waals surface area (Å²) in [4.78, 5) is 15.0. The lowest BCUT2D eigenvalue weighted by molar-refractivity contribution is -0.145. The number of amides is 1. The van der Waals surface area contributed by atoms with Crippen molar-refractivity contribution in [2.24, 2.45) is 5.41 Å². The molecule has 5 nitrogen and oxygen atoms in total. The molecule has 0 bridgehead atoms. The second-order valence-corrected chi connectivity index (χ2v) is 5.75. The first-order valence-corrected chi connectivity index (χ1v) is 7.61. The van der Waals surface area contributed by atoms with Gasteiger partial charge in [0, 0.05) is 27.3 Å². The number of carbonyl (C=O) groups is 1. The molecule has 0 saturated carbocycles. The Morgan fingerprint density at radius 2 is 2.15 bits per heavy atom. The van der Waals surface area contributed by atoms with E-state index in [1.807, 2.05) is 11.8 Å². The van der Waals surface area contributed by atoms with E-state index < -0.39 is 0 Å². The number of ether oxygens (including phenoxy) is 2. The van der Waals surface area contributed by atoms with Crippen molar-refractivity contribution >= 4 is 5.91 Å². The van der Waals surface area contributed by atoms with Crippen molar-refractivity contribution < 1.29 is 14.3 Å². The van der Waals surface area contributed by atoms with Crippen LogP contribution in [0.3, 0.4) is 0 Å². The average molecular weight is 286 g/mol. The highest BCUT2D eigenvalue weighted by Gasteiger charge is 2.43. The zero-order valence-corrected chi connectivity index (χ0v) is 13.4. The lowest BCUT2D eigenvalue weighted by Gasteiger charge is -2.37. The lowest BCUT2D eigenvalue weighted by Crippen LogP contribution is -2.51. The standard InChI is InChI=1S/C15H30N2O3/c1-5-6-15(7-8-16-12-15)14(18)17(9-10-19-3)13(2)11-20-4/h13,16H,5-12H2,1-4H3. The highest BCUT2D eigenvalue weighted by Crippen LogP contribution is 2.34. The molecule has 0 spiro atoms. The van der Waals surface area contributed by atoms with Crippen molar-refractivity contribution in [2.45, 2.75) is 39.2 Å². The molecule has 0 aromatic carbocycles. The largest absolute Gasteiger partial charge is 0.383 e. The Balaban J connectivity index is 2.83. The number of hydrogen-bond donors (Lipinski definition) is 1. The third kappa shape index (κ3) is 4.17. The first-order valence-electron chi connectivity index (χ1n) is 7.61.